The maximum absolute atomic E-state index is 14.6. The summed E-state index contributed by atoms with van der Waals surface area (Å²) in [6, 6.07) is -25.8. The lowest BCUT2D eigenvalue weighted by molar-refractivity contribution is -0.143. The van der Waals surface area contributed by atoms with Gasteiger partial charge in [-0.15, -0.1) is 0 Å². The second-order valence-corrected chi connectivity index (χ2v) is 29.7. The summed E-state index contributed by atoms with van der Waals surface area (Å²) in [7, 11) is 0. The van der Waals surface area contributed by atoms with E-state index in [0.717, 1.165) is 0 Å². The number of aliphatic carboxylic acids is 2. The largest absolute Gasteiger partial charge is 0.481 e. The Morgan fingerprint density at radius 1 is 0.380 bits per heavy atom. The minimum absolute atomic E-state index is 0.0217. The molecule has 16 amide bonds. The molecule has 1 rings (SSSR count). The first kappa shape index (κ1) is 107. The molecule has 0 aliphatic carbocycles. The number of nitrogens with one attached hydrogen (secondary N) is 15. The topological polar surface area (TPSA) is 853 Å². The van der Waals surface area contributed by atoms with Gasteiger partial charge in [0, 0.05) is 44.2 Å². The van der Waals surface area contributed by atoms with Crippen molar-refractivity contribution in [2.24, 2.45) is 73.8 Å². The van der Waals surface area contributed by atoms with Crippen molar-refractivity contribution in [2.45, 2.75) is 236 Å². The quantitative estimate of drug-likeness (QED) is 0.0164. The molecule has 0 saturated heterocycles. The first-order valence-electron chi connectivity index (χ1n) is 38.9. The first-order chi connectivity index (χ1) is 56.8. The third-order valence-electron chi connectivity index (χ3n) is 18.0. The summed E-state index contributed by atoms with van der Waals surface area (Å²) < 4.78 is 0. The molecule has 1 heterocycles. The van der Waals surface area contributed by atoms with Crippen molar-refractivity contribution in [3.05, 3.63) is 18.2 Å². The number of aliphatic hydroxyl groups is 5. The van der Waals surface area contributed by atoms with E-state index < -0.39 is 280 Å². The Morgan fingerprint density at radius 3 is 1.04 bits per heavy atom. The number of carbonyl (C=O) groups excluding carboxylic acids is 16. The Morgan fingerprint density at radius 2 is 0.694 bits per heavy atom. The van der Waals surface area contributed by atoms with Crippen LogP contribution in [0.1, 0.15) is 145 Å². The van der Waals surface area contributed by atoms with E-state index in [1.807, 2.05) is 5.32 Å². The van der Waals surface area contributed by atoms with Crippen LogP contribution in [0.3, 0.4) is 0 Å². The molecule has 0 aromatic carbocycles. The fourth-order valence-electron chi connectivity index (χ4n) is 11.3. The summed E-state index contributed by atoms with van der Waals surface area (Å²) in [5.74, 6) is -23.8. The van der Waals surface area contributed by atoms with Gasteiger partial charge >= 0.3 is 11.9 Å². The zero-order valence-electron chi connectivity index (χ0n) is 68.8. The number of rotatable bonds is 60. The summed E-state index contributed by atoms with van der Waals surface area (Å²) in [5.41, 5.74) is 38.1. The molecule has 0 saturated carbocycles. The number of aliphatic hydroxyl groups excluding tert-OH is 5. The van der Waals surface area contributed by atoms with Gasteiger partial charge in [-0.3, -0.25) is 91.5 Å². The summed E-state index contributed by atoms with van der Waals surface area (Å²) >= 11 is 0. The van der Waals surface area contributed by atoms with Gasteiger partial charge in [-0.1, -0.05) is 61.8 Å². The summed E-state index contributed by atoms with van der Waals surface area (Å²) in [6.45, 7) is 7.58. The number of aromatic nitrogens is 2. The van der Waals surface area contributed by atoms with Crippen LogP contribution in [-0.4, -0.2) is 301 Å². The van der Waals surface area contributed by atoms with Crippen molar-refractivity contribution in [1.29, 1.82) is 0 Å². The fourth-order valence-corrected chi connectivity index (χ4v) is 11.3. The molecule has 36 N–H and O–H groups in total. The predicted octanol–water partition coefficient (Wildman–Crippen LogP) is -12.6. The van der Waals surface area contributed by atoms with Crippen molar-refractivity contribution >= 4 is 118 Å². The molecule has 0 aliphatic heterocycles. The van der Waals surface area contributed by atoms with Crippen LogP contribution in [0.5, 0.6) is 0 Å². The Hall–Kier alpha value is -12.0. The standard InChI is InChI=1S/C71H123N25O25/c1-9-35(8)54(68(119)85-40(15-17-53(104)105)57(108)87-42(20-32(2)3)59(110)89-43(21-33(4)5)60(111)94-49(29-100)65(116)86-41(69(120)121)13-11-19-81-71(77)78)96-63(114)44(22-34(6)7)88-56(107)38(12-10-18-80-70(75)76)83-64(115)48(28-99)95-67(118)50(30-101)93-58(109)39(14-16-51(73)102)84-61(112)45(23-36-25-79-31-82-36)90-62(113)46(24-52(74)103)91-66(117)47(27-98)92-55(106)37(72)26-97/h25,31-35,37-50,54,97-101H,9-24,26-30,72H2,1-8H3,(H2,73,102)(H2,74,103)(H,79,82)(H,83,115)(H,84,112)(H,85,119)(H,86,116)(H,87,108)(H,88,107)(H,89,110)(H,90,113)(H,91,117)(H,92,106)(H,93,109)(H,94,111)(H,95,118)(H,96,114)(H,104,105)(H,120,121)(H4,75,76,80)(H4,77,78,81)/t35-,37-,38-,39-,40-,41-,42-,43-,44-,45-,46-,47-,48-,49-,50-,54-/m0/s1. The van der Waals surface area contributed by atoms with Crippen LogP contribution in [0.25, 0.3) is 0 Å². The van der Waals surface area contributed by atoms with Crippen LogP contribution in [-0.2, 0) is 92.7 Å². The average molecular weight is 1730 g/mol. The zero-order chi connectivity index (χ0) is 92.1. The molecule has 1 aromatic heterocycles. The number of H-pyrrole nitrogens is 1. The number of hydrogen-bond donors (Lipinski definition) is 29. The molecule has 0 fully saturated rings. The molecule has 16 atom stereocenters. The summed E-state index contributed by atoms with van der Waals surface area (Å²) in [5, 5.41) is 103. The Balaban J connectivity index is 3.68. The van der Waals surface area contributed by atoms with E-state index in [1.54, 1.807) is 48.5 Å². The summed E-state index contributed by atoms with van der Waals surface area (Å²) in [4.78, 5) is 258. The lowest BCUT2D eigenvalue weighted by Crippen LogP contribution is -2.62. The van der Waals surface area contributed by atoms with Gasteiger partial charge in [-0.25, -0.2) is 9.78 Å². The monoisotopic (exact) mass is 1730 g/mol. The van der Waals surface area contributed by atoms with Crippen molar-refractivity contribution in [3.63, 3.8) is 0 Å². The van der Waals surface area contributed by atoms with E-state index >= 15 is 0 Å². The molecular weight excluding hydrogens is 1600 g/mol. The highest BCUT2D eigenvalue weighted by molar-refractivity contribution is 6.01. The number of hydrogen-bond acceptors (Lipinski definition) is 27. The average Bonchev–Trinajstić information content (AvgIpc) is 1.83. The Kier molecular flexibility index (Phi) is 49.2. The number of imidazole rings is 1. The minimum atomic E-state index is -2.07. The number of carboxylic acid groups (broad SMARTS) is 2. The second kappa shape index (κ2) is 55.7. The smallest absolute Gasteiger partial charge is 0.326 e. The maximum Gasteiger partial charge on any atom is 0.326 e. The van der Waals surface area contributed by atoms with E-state index in [9.17, 15) is 122 Å². The zero-order valence-corrected chi connectivity index (χ0v) is 68.8. The van der Waals surface area contributed by atoms with Gasteiger partial charge in [-0.2, -0.15) is 0 Å². The fraction of sp³-hybridized carbons (Fsp3) is 0.676. The van der Waals surface area contributed by atoms with Gasteiger partial charge in [0.05, 0.1) is 45.8 Å². The highest BCUT2D eigenvalue weighted by Gasteiger charge is 2.40. The second-order valence-electron chi connectivity index (χ2n) is 29.7. The molecule has 0 bridgehead atoms. The molecule has 121 heavy (non-hydrogen) atoms. The molecule has 1 aromatic rings. The van der Waals surface area contributed by atoms with Gasteiger partial charge in [0.1, 0.15) is 90.6 Å². The maximum atomic E-state index is 14.6. The number of primary amides is 2. The third kappa shape index (κ3) is 41.5. The Labute approximate surface area is 696 Å². The van der Waals surface area contributed by atoms with E-state index in [2.05, 4.69) is 89.1 Å². The molecule has 0 unspecified atom stereocenters. The third-order valence-corrected chi connectivity index (χ3v) is 18.0. The molecule has 50 nitrogen and oxygen atoms in total. The van der Waals surface area contributed by atoms with E-state index in [0.29, 0.717) is 0 Å². The van der Waals surface area contributed by atoms with Gasteiger partial charge in [-0.05, 0) is 81.5 Å². The molecule has 50 heteroatoms. The summed E-state index contributed by atoms with van der Waals surface area (Å²) in [6.07, 6.45) is -2.34. The van der Waals surface area contributed by atoms with Crippen molar-refractivity contribution in [2.75, 3.05) is 46.1 Å². The number of carboxylic acids is 2. The molecular formula is C71H123N25O25. The van der Waals surface area contributed by atoms with Crippen LogP contribution in [0, 0.1) is 23.7 Å². The van der Waals surface area contributed by atoms with Crippen LogP contribution < -0.4 is 115 Å². The molecule has 682 valence electrons. The normalized spacial score (nSPS) is 15.1. The van der Waals surface area contributed by atoms with E-state index in [-0.39, 0.29) is 93.9 Å². The van der Waals surface area contributed by atoms with Crippen LogP contribution >= 0.6 is 0 Å². The SMILES string of the molecule is CC[C@H](C)[C@H](NC(=O)[C@H](CC(C)C)NC(=O)[C@H](CCCN=C(N)N)NC(=O)[C@H](CO)NC(=O)[C@H](CO)NC(=O)[C@H](CCC(N)=O)NC(=O)[C@H](Cc1cnc[nH]1)NC(=O)[C@H](CC(N)=O)NC(=O)[C@H](CO)NC(=O)[C@@H](N)CO)C(=O)N[C@@H](CCC(=O)O)C(=O)N[C@@H](CC(C)C)C(=O)N[C@@H](CC(C)C)C(=O)N[C@@H](CO)C(=O)N[C@@H](CCCN=C(N)N)C(=O)O. The highest BCUT2D eigenvalue weighted by Crippen LogP contribution is 2.16. The van der Waals surface area contributed by atoms with Crippen molar-refractivity contribution in [3.8, 4) is 0 Å². The molecule has 0 aliphatic rings. The van der Waals surface area contributed by atoms with Crippen molar-refractivity contribution < 1.29 is 122 Å². The molecule has 0 spiro atoms. The number of aromatic amines is 1. The predicted molar refractivity (Wildman–Crippen MR) is 427 cm³/mol. The van der Waals surface area contributed by atoms with Gasteiger partial charge < -0.3 is 155 Å². The first-order valence-corrected chi connectivity index (χ1v) is 38.9. The van der Waals surface area contributed by atoms with E-state index in [4.69, 9.17) is 40.1 Å². The van der Waals surface area contributed by atoms with Gasteiger partial charge in [0.25, 0.3) is 0 Å². The molecule has 0 radical (unpaired) electrons. The minimum Gasteiger partial charge on any atom is -0.481 e. The van der Waals surface area contributed by atoms with Crippen LogP contribution in [0.15, 0.2) is 22.5 Å². The Bertz CT molecular complexity index is 3690. The van der Waals surface area contributed by atoms with Gasteiger partial charge in [0.15, 0.2) is 11.9 Å². The highest BCUT2D eigenvalue weighted by atomic mass is 16.4. The van der Waals surface area contributed by atoms with Crippen LogP contribution in [0.2, 0.25) is 0 Å². The number of aliphatic imine (C=N–C) groups is 2. The van der Waals surface area contributed by atoms with Crippen LogP contribution in [0.4, 0.5) is 0 Å². The number of nitrogens with zero attached hydrogens (tertiary/aromatic N) is 3. The lowest BCUT2D eigenvalue weighted by Gasteiger charge is -2.30. The number of guanidine groups is 2. The number of nitrogens with two attached hydrogens (primary N) is 7. The number of carbonyl (C=O) groups is 18. The lowest BCUT2D eigenvalue weighted by atomic mass is 9.95. The van der Waals surface area contributed by atoms with Crippen molar-refractivity contribution in [1.82, 2.24) is 84.4 Å². The number of amides is 16. The van der Waals surface area contributed by atoms with Gasteiger partial charge in [0.2, 0.25) is 94.5 Å². The van der Waals surface area contributed by atoms with E-state index in [1.165, 1.54) is 19.4 Å².